The van der Waals surface area contributed by atoms with Crippen molar-refractivity contribution in [3.05, 3.63) is 12.8 Å². The van der Waals surface area contributed by atoms with E-state index in [4.69, 9.17) is 5.84 Å². The number of hydrogen-bond acceptors (Lipinski definition) is 3. The number of rotatable bonds is 2. The Bertz CT molecular complexity index is 136. The van der Waals surface area contributed by atoms with E-state index in [-0.39, 0.29) is 0 Å². The van der Waals surface area contributed by atoms with E-state index >= 15 is 0 Å². The molecule has 0 amide bonds. The molecule has 0 bridgehead atoms. The first kappa shape index (κ1) is 7.84. The van der Waals surface area contributed by atoms with Crippen LogP contribution >= 0.6 is 0 Å². The zero-order valence-electron chi connectivity index (χ0n) is 5.33. The highest BCUT2D eigenvalue weighted by atomic mass is 15.2. The van der Waals surface area contributed by atoms with Crippen LogP contribution < -0.4 is 11.3 Å². The topological polar surface area (TPSA) is 62.8 Å². The van der Waals surface area contributed by atoms with E-state index in [1.807, 2.05) is 0 Å². The molecule has 0 spiro atoms. The third kappa shape index (κ3) is 3.42. The van der Waals surface area contributed by atoms with Gasteiger partial charge in [-0.3, -0.25) is 4.99 Å². The molecule has 9 heavy (non-hydrogen) atoms. The van der Waals surface area contributed by atoms with Crippen LogP contribution in [0.25, 0.3) is 0 Å². The molecule has 0 aliphatic rings. The summed E-state index contributed by atoms with van der Waals surface area (Å²) in [6.07, 6.45) is 2.89. The Morgan fingerprint density at radius 1 is 1.78 bits per heavy atom. The number of nitrogens with zero attached hydrogens (tertiary/aromatic N) is 2. The average molecular weight is 126 g/mol. The molecule has 0 atom stereocenters. The maximum Gasteiger partial charge on any atom is 0.157 e. The molecule has 0 fully saturated rings. The van der Waals surface area contributed by atoms with Crippen molar-refractivity contribution in [2.45, 2.75) is 0 Å². The molecule has 0 aliphatic carbocycles. The van der Waals surface area contributed by atoms with E-state index in [1.54, 1.807) is 7.05 Å². The maximum absolute atomic E-state index is 5.03. The molecule has 0 saturated carbocycles. The van der Waals surface area contributed by atoms with Gasteiger partial charge < -0.3 is 5.43 Å². The highest BCUT2D eigenvalue weighted by Crippen LogP contribution is 1.68. The molecule has 4 nitrogen and oxygen atoms in total. The lowest BCUT2D eigenvalue weighted by Crippen LogP contribution is -2.30. The van der Waals surface area contributed by atoms with E-state index in [0.717, 1.165) is 0 Å². The molecule has 0 aliphatic heterocycles. The molecule has 0 aromatic rings. The molecule has 0 unspecified atom stereocenters. The third-order valence-corrected chi connectivity index (χ3v) is 0.630. The van der Waals surface area contributed by atoms with Crippen LogP contribution in [0.1, 0.15) is 0 Å². The Hall–Kier alpha value is -1.16. The summed E-state index contributed by atoms with van der Waals surface area (Å²) in [4.78, 5) is 7.41. The molecule has 0 rings (SSSR count). The Morgan fingerprint density at radius 3 is 2.78 bits per heavy atom. The van der Waals surface area contributed by atoms with Crippen molar-refractivity contribution in [3.63, 3.8) is 0 Å². The number of nitrogens with one attached hydrogen (secondary N) is 1. The Labute approximate surface area is 54.2 Å². The van der Waals surface area contributed by atoms with Crippen molar-refractivity contribution in [3.8, 4) is 0 Å². The van der Waals surface area contributed by atoms with Gasteiger partial charge in [0.05, 0.1) is 6.21 Å². The number of hydrogen-bond donors (Lipinski definition) is 2. The second-order valence-electron chi connectivity index (χ2n) is 1.23. The predicted molar refractivity (Wildman–Crippen MR) is 39.4 cm³/mol. The van der Waals surface area contributed by atoms with Crippen LogP contribution in [0.4, 0.5) is 0 Å². The fourth-order valence-electron chi connectivity index (χ4n) is 0.329. The van der Waals surface area contributed by atoms with Gasteiger partial charge in [-0.05, 0) is 0 Å². The van der Waals surface area contributed by atoms with Gasteiger partial charge in [0.15, 0.2) is 5.84 Å². The van der Waals surface area contributed by atoms with E-state index < -0.39 is 0 Å². The van der Waals surface area contributed by atoms with Gasteiger partial charge in [-0.2, -0.15) is 0 Å². The molecular formula is C5H10N4. The minimum Gasteiger partial charge on any atom is -0.307 e. The first-order valence-corrected chi connectivity index (χ1v) is 2.42. The van der Waals surface area contributed by atoms with Gasteiger partial charge in [0.25, 0.3) is 0 Å². The van der Waals surface area contributed by atoms with Gasteiger partial charge in [0.2, 0.25) is 0 Å². The van der Waals surface area contributed by atoms with Crippen LogP contribution in [0.2, 0.25) is 0 Å². The lowest BCUT2D eigenvalue weighted by Gasteiger charge is -1.92. The molecule has 0 radical (unpaired) electrons. The summed E-state index contributed by atoms with van der Waals surface area (Å²) < 4.78 is 0. The summed E-state index contributed by atoms with van der Waals surface area (Å²) in [5.41, 5.74) is 2.33. The van der Waals surface area contributed by atoms with Crippen molar-refractivity contribution in [2.24, 2.45) is 15.8 Å². The summed E-state index contributed by atoms with van der Waals surface area (Å²) in [5.74, 6) is 5.52. The number of aliphatic imine (C=N–C) groups is 2. The second-order valence-corrected chi connectivity index (χ2v) is 1.23. The van der Waals surface area contributed by atoms with Crippen molar-refractivity contribution in [1.82, 2.24) is 5.43 Å². The molecule has 0 aromatic carbocycles. The Kier molecular flexibility index (Phi) is 4.34. The van der Waals surface area contributed by atoms with Gasteiger partial charge in [0, 0.05) is 13.2 Å². The smallest absolute Gasteiger partial charge is 0.157 e. The number of amidine groups is 1. The Balaban J connectivity index is 3.96. The number of hydrazine groups is 1. The summed E-state index contributed by atoms with van der Waals surface area (Å²) >= 11 is 0. The average Bonchev–Trinajstić information content (AvgIpc) is 1.88. The summed E-state index contributed by atoms with van der Waals surface area (Å²) in [6, 6.07) is 0. The van der Waals surface area contributed by atoms with Gasteiger partial charge in [0.1, 0.15) is 0 Å². The van der Waals surface area contributed by atoms with Crippen LogP contribution in [0, 0.1) is 0 Å². The maximum atomic E-state index is 5.03. The van der Waals surface area contributed by atoms with Crippen LogP contribution in [0.15, 0.2) is 22.8 Å². The summed E-state index contributed by atoms with van der Waals surface area (Å²) in [5, 5.41) is 0. The van der Waals surface area contributed by atoms with Gasteiger partial charge in [-0.15, -0.1) is 0 Å². The van der Waals surface area contributed by atoms with E-state index in [1.165, 1.54) is 12.4 Å². The van der Waals surface area contributed by atoms with Crippen molar-refractivity contribution in [1.29, 1.82) is 0 Å². The van der Waals surface area contributed by atoms with Crippen molar-refractivity contribution in [2.75, 3.05) is 7.05 Å². The zero-order valence-corrected chi connectivity index (χ0v) is 5.33. The van der Waals surface area contributed by atoms with Gasteiger partial charge in [-0.1, -0.05) is 6.58 Å². The molecular weight excluding hydrogens is 116 g/mol. The Morgan fingerprint density at radius 2 is 2.44 bits per heavy atom. The van der Waals surface area contributed by atoms with Crippen molar-refractivity contribution < 1.29 is 0 Å². The summed E-state index contributed by atoms with van der Waals surface area (Å²) in [7, 11) is 1.63. The molecule has 0 saturated heterocycles. The van der Waals surface area contributed by atoms with Crippen LogP contribution in [-0.4, -0.2) is 19.1 Å². The van der Waals surface area contributed by atoms with Gasteiger partial charge >= 0.3 is 0 Å². The minimum atomic E-state index is 0.493. The quantitative estimate of drug-likeness (QED) is 0.231. The minimum absolute atomic E-state index is 0.493. The predicted octanol–water partition coefficient (Wildman–Crippen LogP) is -0.308. The molecule has 4 heteroatoms. The highest BCUT2D eigenvalue weighted by Gasteiger charge is 1.82. The molecule has 0 aromatic heterocycles. The lowest BCUT2D eigenvalue weighted by molar-refractivity contribution is 1.04. The molecule has 0 heterocycles. The third-order valence-electron chi connectivity index (χ3n) is 0.630. The van der Waals surface area contributed by atoms with Crippen LogP contribution in [0.3, 0.4) is 0 Å². The summed E-state index contributed by atoms with van der Waals surface area (Å²) in [6.45, 7) is 3.39. The fraction of sp³-hybridized carbons (Fsp3) is 0.200. The molecule has 50 valence electrons. The fourth-order valence-corrected chi connectivity index (χ4v) is 0.329. The van der Waals surface area contributed by atoms with Crippen molar-refractivity contribution >= 4 is 12.1 Å². The zero-order chi connectivity index (χ0) is 7.11. The SMILES string of the molecule is C=CN=C(C=NC)NN. The standard InChI is InChI=1S/C5H10N4/c1-3-8-5(9-6)4-7-2/h3-4H,1,6H2,2H3,(H,8,9). The van der Waals surface area contributed by atoms with E-state index in [2.05, 4.69) is 22.0 Å². The van der Waals surface area contributed by atoms with Gasteiger partial charge in [-0.25, -0.2) is 10.8 Å². The van der Waals surface area contributed by atoms with E-state index in [0.29, 0.717) is 5.84 Å². The van der Waals surface area contributed by atoms with Crippen LogP contribution in [-0.2, 0) is 0 Å². The van der Waals surface area contributed by atoms with E-state index in [9.17, 15) is 0 Å². The normalized spacial score (nSPS) is 12.0. The number of nitrogens with two attached hydrogens (primary N) is 1. The monoisotopic (exact) mass is 126 g/mol. The van der Waals surface area contributed by atoms with Crippen LogP contribution in [0.5, 0.6) is 0 Å². The first-order chi connectivity index (χ1) is 4.35. The lowest BCUT2D eigenvalue weighted by atomic mass is 10.6. The highest BCUT2D eigenvalue weighted by molar-refractivity contribution is 6.29. The first-order valence-electron chi connectivity index (χ1n) is 2.42. The second kappa shape index (κ2) is 4.99. The largest absolute Gasteiger partial charge is 0.307 e. The molecule has 3 N–H and O–H groups in total.